The predicted octanol–water partition coefficient (Wildman–Crippen LogP) is 2.21. The molecule has 90 valence electrons. The van der Waals surface area contributed by atoms with Crippen LogP contribution in [0.3, 0.4) is 0 Å². The maximum absolute atomic E-state index is 12.1. The van der Waals surface area contributed by atoms with E-state index < -0.39 is 0 Å². The van der Waals surface area contributed by atoms with Crippen LogP contribution in [0.1, 0.15) is 30.1 Å². The molecule has 0 aliphatic heterocycles. The van der Waals surface area contributed by atoms with E-state index in [1.54, 1.807) is 11.1 Å². The molecule has 0 aromatic carbocycles. The van der Waals surface area contributed by atoms with Crippen LogP contribution >= 0.6 is 0 Å². The third-order valence-corrected chi connectivity index (χ3v) is 2.83. The predicted molar refractivity (Wildman–Crippen MR) is 67.1 cm³/mol. The first-order chi connectivity index (χ1) is 8.22. The van der Waals surface area contributed by atoms with Gasteiger partial charge in [0, 0.05) is 32.2 Å². The maximum atomic E-state index is 12.1. The highest BCUT2D eigenvalue weighted by Gasteiger charge is 2.11. The van der Waals surface area contributed by atoms with Crippen molar-refractivity contribution in [1.82, 2.24) is 14.3 Å². The Balaban J connectivity index is 2.17. The largest absolute Gasteiger partial charge is 0.342 e. The smallest absolute Gasteiger partial charge is 0.255 e. The number of nitrogens with zero attached hydrogens (tertiary/aromatic N) is 3. The SMILES string of the molecule is CCCCN(C)C(=O)c1ccc2nccn2c1. The number of aromatic nitrogens is 2. The number of hydrogen-bond donors (Lipinski definition) is 0. The summed E-state index contributed by atoms with van der Waals surface area (Å²) in [7, 11) is 1.84. The molecule has 4 nitrogen and oxygen atoms in total. The Labute approximate surface area is 101 Å². The van der Waals surface area contributed by atoms with Gasteiger partial charge in [0.1, 0.15) is 5.65 Å². The molecule has 0 saturated heterocycles. The fourth-order valence-electron chi connectivity index (χ4n) is 1.76. The van der Waals surface area contributed by atoms with E-state index in [2.05, 4.69) is 11.9 Å². The Hall–Kier alpha value is -1.84. The zero-order valence-electron chi connectivity index (χ0n) is 10.3. The molecule has 0 fully saturated rings. The van der Waals surface area contributed by atoms with Gasteiger partial charge in [-0.2, -0.15) is 0 Å². The first-order valence-electron chi connectivity index (χ1n) is 5.90. The van der Waals surface area contributed by atoms with Gasteiger partial charge in [0.2, 0.25) is 0 Å². The Kier molecular flexibility index (Phi) is 3.42. The number of pyridine rings is 1. The van der Waals surface area contributed by atoms with Gasteiger partial charge in [0.05, 0.1) is 5.56 Å². The molecule has 0 aliphatic rings. The molecule has 17 heavy (non-hydrogen) atoms. The molecule has 0 radical (unpaired) electrons. The van der Waals surface area contributed by atoms with Crippen molar-refractivity contribution in [2.24, 2.45) is 0 Å². The van der Waals surface area contributed by atoms with Crippen molar-refractivity contribution in [2.75, 3.05) is 13.6 Å². The fraction of sp³-hybridized carbons (Fsp3) is 0.385. The first-order valence-corrected chi connectivity index (χ1v) is 5.90. The lowest BCUT2D eigenvalue weighted by Crippen LogP contribution is -2.27. The minimum atomic E-state index is 0.0639. The molecule has 0 unspecified atom stereocenters. The number of fused-ring (bicyclic) bond motifs is 1. The number of unbranched alkanes of at least 4 members (excludes halogenated alkanes) is 1. The second-order valence-electron chi connectivity index (χ2n) is 4.19. The minimum absolute atomic E-state index is 0.0639. The summed E-state index contributed by atoms with van der Waals surface area (Å²) in [5.41, 5.74) is 1.56. The molecule has 0 bridgehead atoms. The van der Waals surface area contributed by atoms with Gasteiger partial charge < -0.3 is 9.30 Å². The van der Waals surface area contributed by atoms with Crippen LogP contribution in [0.2, 0.25) is 0 Å². The summed E-state index contributed by atoms with van der Waals surface area (Å²) in [6.07, 6.45) is 7.53. The molecule has 0 N–H and O–H groups in total. The standard InChI is InChI=1S/C13H17N3O/c1-3-4-8-15(2)13(17)11-5-6-12-14-7-9-16(12)10-11/h5-7,9-10H,3-4,8H2,1-2H3. The van der Waals surface area contributed by atoms with Gasteiger partial charge in [0.25, 0.3) is 5.91 Å². The molecule has 1 amide bonds. The van der Waals surface area contributed by atoms with Crippen molar-refractivity contribution in [3.8, 4) is 0 Å². The Morgan fingerprint density at radius 3 is 3.06 bits per heavy atom. The summed E-state index contributed by atoms with van der Waals surface area (Å²) in [5, 5.41) is 0. The summed E-state index contributed by atoms with van der Waals surface area (Å²) in [5.74, 6) is 0.0639. The average Bonchev–Trinajstić information content (AvgIpc) is 2.81. The van der Waals surface area contributed by atoms with Crippen molar-refractivity contribution < 1.29 is 4.79 Å². The van der Waals surface area contributed by atoms with Crippen molar-refractivity contribution in [2.45, 2.75) is 19.8 Å². The van der Waals surface area contributed by atoms with Crippen LogP contribution in [0.15, 0.2) is 30.7 Å². The quantitative estimate of drug-likeness (QED) is 0.809. The monoisotopic (exact) mass is 231 g/mol. The van der Waals surface area contributed by atoms with Crippen molar-refractivity contribution in [3.63, 3.8) is 0 Å². The van der Waals surface area contributed by atoms with E-state index in [1.807, 2.05) is 36.0 Å². The summed E-state index contributed by atoms with van der Waals surface area (Å²) < 4.78 is 1.86. The molecule has 0 atom stereocenters. The molecule has 2 rings (SSSR count). The molecule has 2 aromatic rings. The van der Waals surface area contributed by atoms with Gasteiger partial charge in [-0.25, -0.2) is 4.98 Å². The highest BCUT2D eigenvalue weighted by Crippen LogP contribution is 2.07. The molecule has 4 heteroatoms. The Morgan fingerprint density at radius 1 is 1.47 bits per heavy atom. The van der Waals surface area contributed by atoms with Crippen molar-refractivity contribution in [3.05, 3.63) is 36.3 Å². The molecule has 2 heterocycles. The molecular formula is C13H17N3O. The molecule has 2 aromatic heterocycles. The third-order valence-electron chi connectivity index (χ3n) is 2.83. The van der Waals surface area contributed by atoms with Gasteiger partial charge >= 0.3 is 0 Å². The van der Waals surface area contributed by atoms with E-state index in [4.69, 9.17) is 0 Å². The minimum Gasteiger partial charge on any atom is -0.342 e. The van der Waals surface area contributed by atoms with Crippen LogP contribution in [0.4, 0.5) is 0 Å². The molecule has 0 spiro atoms. The van der Waals surface area contributed by atoms with E-state index in [0.717, 1.165) is 25.0 Å². The lowest BCUT2D eigenvalue weighted by molar-refractivity contribution is 0.0793. The van der Waals surface area contributed by atoms with E-state index in [0.29, 0.717) is 5.56 Å². The van der Waals surface area contributed by atoms with Gasteiger partial charge in [-0.1, -0.05) is 13.3 Å². The summed E-state index contributed by atoms with van der Waals surface area (Å²) in [4.78, 5) is 18.0. The lowest BCUT2D eigenvalue weighted by Gasteiger charge is -2.16. The number of amides is 1. The summed E-state index contributed by atoms with van der Waals surface area (Å²) in [6.45, 7) is 2.92. The Morgan fingerprint density at radius 2 is 2.29 bits per heavy atom. The van der Waals surface area contributed by atoms with Gasteiger partial charge in [-0.15, -0.1) is 0 Å². The van der Waals surface area contributed by atoms with Crippen LogP contribution in [0.25, 0.3) is 5.65 Å². The van der Waals surface area contributed by atoms with E-state index in [-0.39, 0.29) is 5.91 Å². The highest BCUT2D eigenvalue weighted by molar-refractivity contribution is 5.94. The van der Waals surface area contributed by atoms with E-state index >= 15 is 0 Å². The molecule has 0 saturated carbocycles. The molecular weight excluding hydrogens is 214 g/mol. The fourth-order valence-corrected chi connectivity index (χ4v) is 1.76. The van der Waals surface area contributed by atoms with Crippen LogP contribution in [0.5, 0.6) is 0 Å². The van der Waals surface area contributed by atoms with Gasteiger partial charge in [-0.05, 0) is 18.6 Å². The van der Waals surface area contributed by atoms with E-state index in [1.165, 1.54) is 0 Å². The number of carbonyl (C=O) groups excluding carboxylic acids is 1. The second-order valence-corrected chi connectivity index (χ2v) is 4.19. The zero-order chi connectivity index (χ0) is 12.3. The number of carbonyl (C=O) groups is 1. The van der Waals surface area contributed by atoms with Crippen LogP contribution in [0, 0.1) is 0 Å². The molecule has 0 aliphatic carbocycles. The topological polar surface area (TPSA) is 37.6 Å². The van der Waals surface area contributed by atoms with Crippen molar-refractivity contribution in [1.29, 1.82) is 0 Å². The van der Waals surface area contributed by atoms with Crippen LogP contribution in [-0.2, 0) is 0 Å². The third kappa shape index (κ3) is 2.46. The summed E-state index contributed by atoms with van der Waals surface area (Å²) in [6, 6.07) is 3.69. The summed E-state index contributed by atoms with van der Waals surface area (Å²) >= 11 is 0. The van der Waals surface area contributed by atoms with Crippen molar-refractivity contribution >= 4 is 11.6 Å². The van der Waals surface area contributed by atoms with Crippen LogP contribution in [-0.4, -0.2) is 33.8 Å². The highest BCUT2D eigenvalue weighted by atomic mass is 16.2. The second kappa shape index (κ2) is 4.99. The number of imidazole rings is 1. The lowest BCUT2D eigenvalue weighted by atomic mass is 10.2. The maximum Gasteiger partial charge on any atom is 0.255 e. The van der Waals surface area contributed by atoms with E-state index in [9.17, 15) is 4.79 Å². The van der Waals surface area contributed by atoms with Gasteiger partial charge in [-0.3, -0.25) is 4.79 Å². The average molecular weight is 231 g/mol. The zero-order valence-corrected chi connectivity index (χ0v) is 10.3. The number of rotatable bonds is 4. The van der Waals surface area contributed by atoms with Gasteiger partial charge in [0.15, 0.2) is 0 Å². The Bertz CT molecular complexity index is 518. The number of hydrogen-bond acceptors (Lipinski definition) is 2. The normalized spacial score (nSPS) is 10.7. The van der Waals surface area contributed by atoms with Crippen LogP contribution < -0.4 is 0 Å². The first kappa shape index (κ1) is 11.6.